The van der Waals surface area contributed by atoms with Crippen LogP contribution in [0.25, 0.3) is 0 Å². The smallest absolute Gasteiger partial charge is 0.122 e. The summed E-state index contributed by atoms with van der Waals surface area (Å²) in [5.41, 5.74) is 5.67. The van der Waals surface area contributed by atoms with Crippen molar-refractivity contribution in [3.63, 3.8) is 0 Å². The Labute approximate surface area is 113 Å². The minimum absolute atomic E-state index is 0.418. The quantitative estimate of drug-likeness (QED) is 0.586. The first-order valence-corrected chi connectivity index (χ1v) is 7.92. The lowest BCUT2D eigenvalue weighted by Crippen LogP contribution is -2.35. The topological polar surface area (TPSA) is 47.3 Å². The van der Waals surface area contributed by atoms with Crippen LogP contribution in [0.3, 0.4) is 0 Å². The lowest BCUT2D eigenvalue weighted by Gasteiger charge is -2.15. The van der Waals surface area contributed by atoms with E-state index in [0.29, 0.717) is 6.04 Å². The molecule has 1 aliphatic rings. The SMILES string of the molecule is CSCCC(CCc1ccc2c(c1)CCO2)NN. The molecule has 0 aromatic heterocycles. The fraction of sp³-hybridized carbons (Fsp3) is 0.571. The predicted octanol–water partition coefficient (Wildman–Crippen LogP) is 2.14. The third-order valence-electron chi connectivity index (χ3n) is 3.44. The van der Waals surface area contributed by atoms with Gasteiger partial charge in [0.15, 0.2) is 0 Å². The van der Waals surface area contributed by atoms with E-state index >= 15 is 0 Å². The lowest BCUT2D eigenvalue weighted by atomic mass is 10.0. The molecule has 0 saturated heterocycles. The highest BCUT2D eigenvalue weighted by atomic mass is 32.2. The van der Waals surface area contributed by atoms with E-state index < -0.39 is 0 Å². The van der Waals surface area contributed by atoms with Crippen molar-refractivity contribution in [3.05, 3.63) is 29.3 Å². The third kappa shape index (κ3) is 3.64. The van der Waals surface area contributed by atoms with E-state index in [1.165, 1.54) is 11.1 Å². The first kappa shape index (κ1) is 13.7. The number of fused-ring (bicyclic) bond motifs is 1. The van der Waals surface area contributed by atoms with Gasteiger partial charge in [0, 0.05) is 12.5 Å². The fourth-order valence-electron chi connectivity index (χ4n) is 2.31. The molecule has 1 unspecified atom stereocenters. The van der Waals surface area contributed by atoms with Gasteiger partial charge < -0.3 is 4.74 Å². The zero-order chi connectivity index (χ0) is 12.8. The molecule has 0 bridgehead atoms. The van der Waals surface area contributed by atoms with Crippen molar-refractivity contribution in [2.75, 3.05) is 18.6 Å². The van der Waals surface area contributed by atoms with E-state index in [-0.39, 0.29) is 0 Å². The second kappa shape index (κ2) is 7.02. The fourth-order valence-corrected chi connectivity index (χ4v) is 2.83. The summed E-state index contributed by atoms with van der Waals surface area (Å²) in [7, 11) is 0. The van der Waals surface area contributed by atoms with E-state index in [1.54, 1.807) is 0 Å². The molecule has 0 radical (unpaired) electrons. The molecule has 2 rings (SSSR count). The Kier molecular flexibility index (Phi) is 5.35. The standard InChI is InChI=1S/C14H22N2OS/c1-18-9-7-13(16-15)4-2-11-3-5-14-12(10-11)6-8-17-14/h3,5,10,13,16H,2,4,6-9,15H2,1H3. The molecule has 0 amide bonds. The van der Waals surface area contributed by atoms with E-state index in [4.69, 9.17) is 10.6 Å². The molecule has 3 nitrogen and oxygen atoms in total. The van der Waals surface area contributed by atoms with Gasteiger partial charge in [0.25, 0.3) is 0 Å². The number of hydrogen-bond acceptors (Lipinski definition) is 4. The normalized spacial score (nSPS) is 15.2. The maximum absolute atomic E-state index is 5.59. The predicted molar refractivity (Wildman–Crippen MR) is 78.1 cm³/mol. The second-order valence-electron chi connectivity index (χ2n) is 4.72. The van der Waals surface area contributed by atoms with Gasteiger partial charge in [-0.05, 0) is 48.5 Å². The molecular formula is C14H22N2OS. The summed E-state index contributed by atoms with van der Waals surface area (Å²) in [6.07, 6.45) is 6.49. The van der Waals surface area contributed by atoms with Gasteiger partial charge in [-0.25, -0.2) is 0 Å². The Hall–Kier alpha value is -0.710. The van der Waals surface area contributed by atoms with Crippen LogP contribution < -0.4 is 16.0 Å². The Balaban J connectivity index is 1.85. The molecule has 0 saturated carbocycles. The monoisotopic (exact) mass is 266 g/mol. The van der Waals surface area contributed by atoms with E-state index in [1.807, 2.05) is 11.8 Å². The molecule has 0 aliphatic carbocycles. The second-order valence-corrected chi connectivity index (χ2v) is 5.71. The highest BCUT2D eigenvalue weighted by Crippen LogP contribution is 2.26. The zero-order valence-electron chi connectivity index (χ0n) is 10.9. The number of hydrogen-bond donors (Lipinski definition) is 2. The van der Waals surface area contributed by atoms with E-state index in [9.17, 15) is 0 Å². The number of ether oxygens (including phenoxy) is 1. The van der Waals surface area contributed by atoms with Gasteiger partial charge in [0.1, 0.15) is 5.75 Å². The molecule has 100 valence electrons. The summed E-state index contributed by atoms with van der Waals surface area (Å²) in [6.45, 7) is 0.833. The first-order chi connectivity index (χ1) is 8.83. The molecule has 0 fully saturated rings. The number of hydrazine groups is 1. The summed E-state index contributed by atoms with van der Waals surface area (Å²) in [4.78, 5) is 0. The molecule has 18 heavy (non-hydrogen) atoms. The van der Waals surface area contributed by atoms with Gasteiger partial charge in [0.05, 0.1) is 6.61 Å². The summed E-state index contributed by atoms with van der Waals surface area (Å²) < 4.78 is 5.52. The molecule has 4 heteroatoms. The Morgan fingerprint density at radius 2 is 2.33 bits per heavy atom. The number of nitrogens with two attached hydrogens (primary N) is 1. The molecule has 3 N–H and O–H groups in total. The van der Waals surface area contributed by atoms with Crippen LogP contribution in [-0.2, 0) is 12.8 Å². The van der Waals surface area contributed by atoms with Gasteiger partial charge in [-0.15, -0.1) is 0 Å². The number of aryl methyl sites for hydroxylation is 1. The van der Waals surface area contributed by atoms with Crippen LogP contribution in [-0.4, -0.2) is 24.7 Å². The highest BCUT2D eigenvalue weighted by Gasteiger charge is 2.12. The van der Waals surface area contributed by atoms with Crippen molar-refractivity contribution in [1.29, 1.82) is 0 Å². The summed E-state index contributed by atoms with van der Waals surface area (Å²) in [5.74, 6) is 7.81. The molecule has 1 aromatic rings. The number of benzene rings is 1. The Bertz CT molecular complexity index is 384. The van der Waals surface area contributed by atoms with Crippen LogP contribution in [0.5, 0.6) is 5.75 Å². The molecule has 1 aliphatic heterocycles. The van der Waals surface area contributed by atoms with Crippen LogP contribution in [0.15, 0.2) is 18.2 Å². The Morgan fingerprint density at radius 3 is 3.11 bits per heavy atom. The van der Waals surface area contributed by atoms with Gasteiger partial charge in [-0.1, -0.05) is 12.1 Å². The maximum atomic E-state index is 5.59. The van der Waals surface area contributed by atoms with Crippen molar-refractivity contribution >= 4 is 11.8 Å². The van der Waals surface area contributed by atoms with Crippen molar-refractivity contribution < 1.29 is 4.74 Å². The minimum Gasteiger partial charge on any atom is -0.493 e. The van der Waals surface area contributed by atoms with E-state index in [0.717, 1.165) is 43.8 Å². The highest BCUT2D eigenvalue weighted by molar-refractivity contribution is 7.98. The number of rotatable bonds is 7. The molecule has 1 atom stereocenters. The van der Waals surface area contributed by atoms with Gasteiger partial charge in [0.2, 0.25) is 0 Å². The van der Waals surface area contributed by atoms with Crippen LogP contribution in [0.2, 0.25) is 0 Å². The molecule has 1 heterocycles. The number of thioether (sulfide) groups is 1. The van der Waals surface area contributed by atoms with Crippen molar-refractivity contribution in [2.45, 2.75) is 31.7 Å². The number of nitrogens with one attached hydrogen (secondary N) is 1. The zero-order valence-corrected chi connectivity index (χ0v) is 11.8. The molecule has 0 spiro atoms. The van der Waals surface area contributed by atoms with Gasteiger partial charge >= 0.3 is 0 Å². The van der Waals surface area contributed by atoms with Crippen LogP contribution >= 0.6 is 11.8 Å². The van der Waals surface area contributed by atoms with Gasteiger partial charge in [-0.2, -0.15) is 11.8 Å². The molecular weight excluding hydrogens is 244 g/mol. The summed E-state index contributed by atoms with van der Waals surface area (Å²) >= 11 is 1.87. The third-order valence-corrected chi connectivity index (χ3v) is 4.09. The van der Waals surface area contributed by atoms with E-state index in [2.05, 4.69) is 29.9 Å². The first-order valence-electron chi connectivity index (χ1n) is 6.53. The summed E-state index contributed by atoms with van der Waals surface area (Å²) in [5, 5.41) is 0. The molecule has 1 aromatic carbocycles. The largest absolute Gasteiger partial charge is 0.493 e. The van der Waals surface area contributed by atoms with Crippen molar-refractivity contribution in [1.82, 2.24) is 5.43 Å². The average molecular weight is 266 g/mol. The van der Waals surface area contributed by atoms with Crippen LogP contribution in [0.1, 0.15) is 24.0 Å². The van der Waals surface area contributed by atoms with Gasteiger partial charge in [-0.3, -0.25) is 11.3 Å². The average Bonchev–Trinajstić information content (AvgIpc) is 2.86. The maximum Gasteiger partial charge on any atom is 0.122 e. The van der Waals surface area contributed by atoms with Crippen LogP contribution in [0.4, 0.5) is 0 Å². The van der Waals surface area contributed by atoms with Crippen molar-refractivity contribution in [3.8, 4) is 5.75 Å². The van der Waals surface area contributed by atoms with Crippen LogP contribution in [0, 0.1) is 0 Å². The minimum atomic E-state index is 0.418. The Morgan fingerprint density at radius 1 is 1.44 bits per heavy atom. The van der Waals surface area contributed by atoms with Crippen molar-refractivity contribution in [2.24, 2.45) is 5.84 Å². The summed E-state index contributed by atoms with van der Waals surface area (Å²) in [6, 6.07) is 6.98. The lowest BCUT2D eigenvalue weighted by molar-refractivity contribution is 0.357.